The van der Waals surface area contributed by atoms with Crippen molar-refractivity contribution in [3.63, 3.8) is 0 Å². The average Bonchev–Trinajstić information content (AvgIpc) is 3.33. The molecule has 1 saturated heterocycles. The molecule has 11 heteroatoms. The Morgan fingerprint density at radius 3 is 2.77 bits per heavy atom. The highest BCUT2D eigenvalue weighted by Gasteiger charge is 2.33. The lowest BCUT2D eigenvalue weighted by Gasteiger charge is -2.28. The summed E-state index contributed by atoms with van der Waals surface area (Å²) >= 11 is 6.37. The lowest BCUT2D eigenvalue weighted by molar-refractivity contribution is 0.617. The third-order valence-corrected chi connectivity index (χ3v) is 6.50. The topological polar surface area (TPSA) is 110 Å². The number of fused-ring (bicyclic) bond motifs is 2. The third-order valence-electron chi connectivity index (χ3n) is 6.19. The summed E-state index contributed by atoms with van der Waals surface area (Å²) in [5.41, 5.74) is 0.268. The molecule has 0 bridgehead atoms. The van der Waals surface area contributed by atoms with Crippen LogP contribution in [0.25, 0.3) is 27.6 Å². The van der Waals surface area contributed by atoms with Crippen molar-refractivity contribution in [2.45, 2.75) is 18.9 Å². The molecule has 6 rings (SSSR count). The van der Waals surface area contributed by atoms with E-state index < -0.39 is 23.0 Å². The van der Waals surface area contributed by atoms with E-state index in [4.69, 9.17) is 16.6 Å². The van der Waals surface area contributed by atoms with Gasteiger partial charge in [-0.3, -0.25) is 14.2 Å². The molecule has 1 unspecified atom stereocenters. The standard InChI is InChI=1S/C24H17ClFN7O2/c25-15-6-2-7-16-18(15)24(35)33(14-5-1-4-13(26)10-14)21(31-16)17-8-3-9-32(17)22-19-20(27-11-29-22)28-12-30-23(19)34/h1-2,4-7,10-12,17H,3,8-9H2,(H,27,28,29,30,34). The van der Waals surface area contributed by atoms with E-state index in [0.717, 1.165) is 6.42 Å². The van der Waals surface area contributed by atoms with Gasteiger partial charge in [0.25, 0.3) is 11.1 Å². The van der Waals surface area contributed by atoms with Crippen LogP contribution in [0.2, 0.25) is 5.02 Å². The SMILES string of the molecule is O=c1nc[nH]c2ncnc(N3CCCC3c3nc4cccc(Cl)c4c(=O)n3-c3cccc(F)c3)c12. The lowest BCUT2D eigenvalue weighted by atomic mass is 10.1. The Labute approximate surface area is 201 Å². The average molecular weight is 490 g/mol. The number of H-pyrrole nitrogens is 1. The summed E-state index contributed by atoms with van der Waals surface area (Å²) in [6.45, 7) is 0.567. The highest BCUT2D eigenvalue weighted by Crippen LogP contribution is 2.37. The number of hydrogen-bond acceptors (Lipinski definition) is 7. The molecule has 0 aliphatic carbocycles. The van der Waals surface area contributed by atoms with Gasteiger partial charge in [0.2, 0.25) is 0 Å². The van der Waals surface area contributed by atoms with Gasteiger partial charge in [0.05, 0.1) is 34.0 Å². The summed E-state index contributed by atoms with van der Waals surface area (Å²) in [6, 6.07) is 10.4. The smallest absolute Gasteiger partial charge is 0.285 e. The Balaban J connectivity index is 1.63. The number of hydrogen-bond donors (Lipinski definition) is 1. The zero-order chi connectivity index (χ0) is 24.1. The van der Waals surface area contributed by atoms with Crippen LogP contribution in [0.15, 0.2) is 64.7 Å². The first-order valence-corrected chi connectivity index (χ1v) is 11.3. The fraction of sp³-hybridized carbons (Fsp3) is 0.167. The van der Waals surface area contributed by atoms with E-state index >= 15 is 0 Å². The van der Waals surface area contributed by atoms with Gasteiger partial charge in [-0.1, -0.05) is 23.7 Å². The molecular formula is C24H17ClFN7O2. The van der Waals surface area contributed by atoms with Crippen molar-refractivity contribution in [3.05, 3.63) is 92.5 Å². The predicted molar refractivity (Wildman–Crippen MR) is 130 cm³/mol. The van der Waals surface area contributed by atoms with Crippen LogP contribution in [0.5, 0.6) is 0 Å². The maximum absolute atomic E-state index is 14.2. The molecule has 3 aromatic heterocycles. The number of aromatic nitrogens is 6. The minimum absolute atomic E-state index is 0.250. The zero-order valence-corrected chi connectivity index (χ0v) is 18.9. The van der Waals surface area contributed by atoms with E-state index in [1.807, 2.05) is 4.90 Å². The fourth-order valence-corrected chi connectivity index (χ4v) is 4.95. The van der Waals surface area contributed by atoms with Crippen LogP contribution in [0.3, 0.4) is 0 Å². The highest BCUT2D eigenvalue weighted by molar-refractivity contribution is 6.35. The van der Waals surface area contributed by atoms with Crippen LogP contribution in [-0.2, 0) is 0 Å². The second kappa shape index (κ2) is 8.24. The largest absolute Gasteiger partial charge is 0.346 e. The number of rotatable bonds is 3. The van der Waals surface area contributed by atoms with Gasteiger partial charge in [-0.05, 0) is 43.2 Å². The van der Waals surface area contributed by atoms with Gasteiger partial charge < -0.3 is 9.88 Å². The van der Waals surface area contributed by atoms with Crippen molar-refractivity contribution in [2.24, 2.45) is 0 Å². The quantitative estimate of drug-likeness (QED) is 0.412. The Morgan fingerprint density at radius 2 is 1.91 bits per heavy atom. The Kier molecular flexibility index (Phi) is 5.03. The van der Waals surface area contributed by atoms with Gasteiger partial charge >= 0.3 is 0 Å². The molecule has 0 spiro atoms. The molecule has 0 radical (unpaired) electrons. The molecular weight excluding hydrogens is 473 g/mol. The van der Waals surface area contributed by atoms with E-state index in [0.29, 0.717) is 41.5 Å². The molecule has 1 atom stereocenters. The van der Waals surface area contributed by atoms with Gasteiger partial charge in [-0.15, -0.1) is 0 Å². The normalized spacial score (nSPS) is 15.8. The van der Waals surface area contributed by atoms with Gasteiger partial charge in [0.1, 0.15) is 34.8 Å². The molecule has 2 aromatic carbocycles. The Morgan fingerprint density at radius 1 is 1.06 bits per heavy atom. The van der Waals surface area contributed by atoms with Crippen LogP contribution < -0.4 is 16.0 Å². The van der Waals surface area contributed by atoms with Crippen LogP contribution in [-0.4, -0.2) is 36.0 Å². The first-order chi connectivity index (χ1) is 17.0. The molecule has 1 aliphatic heterocycles. The molecule has 5 aromatic rings. The summed E-state index contributed by atoms with van der Waals surface area (Å²) in [4.78, 5) is 48.4. The molecule has 0 amide bonds. The second-order valence-corrected chi connectivity index (χ2v) is 8.61. The molecule has 1 fully saturated rings. The van der Waals surface area contributed by atoms with Crippen molar-refractivity contribution in [1.82, 2.24) is 29.5 Å². The van der Waals surface area contributed by atoms with Crippen LogP contribution in [0.4, 0.5) is 10.2 Å². The number of nitrogens with one attached hydrogen (secondary N) is 1. The minimum Gasteiger partial charge on any atom is -0.346 e. The second-order valence-electron chi connectivity index (χ2n) is 8.20. The van der Waals surface area contributed by atoms with Crippen molar-refractivity contribution < 1.29 is 4.39 Å². The summed E-state index contributed by atoms with van der Waals surface area (Å²) < 4.78 is 15.6. The third kappa shape index (κ3) is 3.45. The van der Waals surface area contributed by atoms with Crippen molar-refractivity contribution in [1.29, 1.82) is 0 Å². The first kappa shape index (κ1) is 21.4. The molecule has 0 saturated carbocycles. The Hall–Kier alpha value is -4.18. The summed E-state index contributed by atoms with van der Waals surface area (Å²) in [5.74, 6) is 0.320. The number of halogens is 2. The van der Waals surface area contributed by atoms with Crippen LogP contribution in [0.1, 0.15) is 24.7 Å². The lowest BCUT2D eigenvalue weighted by Crippen LogP contribution is -2.32. The maximum Gasteiger partial charge on any atom is 0.285 e. The van der Waals surface area contributed by atoms with Gasteiger partial charge in [0.15, 0.2) is 0 Å². The van der Waals surface area contributed by atoms with E-state index in [1.165, 1.54) is 35.4 Å². The van der Waals surface area contributed by atoms with E-state index in [9.17, 15) is 14.0 Å². The van der Waals surface area contributed by atoms with Gasteiger partial charge in [-0.25, -0.2) is 19.3 Å². The van der Waals surface area contributed by atoms with Gasteiger partial charge in [-0.2, -0.15) is 4.98 Å². The number of aromatic amines is 1. The summed E-state index contributed by atoms with van der Waals surface area (Å²) in [6.07, 6.45) is 4.06. The van der Waals surface area contributed by atoms with E-state index in [-0.39, 0.29) is 15.8 Å². The molecule has 4 heterocycles. The van der Waals surface area contributed by atoms with Crippen molar-refractivity contribution in [2.75, 3.05) is 11.4 Å². The molecule has 35 heavy (non-hydrogen) atoms. The molecule has 1 aliphatic rings. The zero-order valence-electron chi connectivity index (χ0n) is 18.2. The summed E-state index contributed by atoms with van der Waals surface area (Å²) in [5, 5.41) is 0.768. The summed E-state index contributed by atoms with van der Waals surface area (Å²) in [7, 11) is 0. The van der Waals surface area contributed by atoms with Crippen LogP contribution >= 0.6 is 11.6 Å². The van der Waals surface area contributed by atoms with Crippen LogP contribution in [0, 0.1) is 5.82 Å². The van der Waals surface area contributed by atoms with E-state index in [1.54, 1.807) is 24.3 Å². The first-order valence-electron chi connectivity index (χ1n) is 10.9. The van der Waals surface area contributed by atoms with Crippen molar-refractivity contribution >= 4 is 39.4 Å². The number of benzene rings is 2. The van der Waals surface area contributed by atoms with E-state index in [2.05, 4.69) is 19.9 Å². The predicted octanol–water partition coefficient (Wildman–Crippen LogP) is 3.55. The minimum atomic E-state index is -0.484. The molecule has 1 N–H and O–H groups in total. The van der Waals surface area contributed by atoms with Gasteiger partial charge in [0, 0.05) is 6.54 Å². The molecule has 174 valence electrons. The maximum atomic E-state index is 14.2. The molecule has 9 nitrogen and oxygen atoms in total. The van der Waals surface area contributed by atoms with Crippen molar-refractivity contribution in [3.8, 4) is 5.69 Å². The number of nitrogens with zero attached hydrogens (tertiary/aromatic N) is 6. The Bertz CT molecular complexity index is 1730. The monoisotopic (exact) mass is 489 g/mol. The number of anilines is 1. The fourth-order valence-electron chi connectivity index (χ4n) is 4.70. The highest BCUT2D eigenvalue weighted by atomic mass is 35.5.